The maximum atomic E-state index is 11.4. The highest BCUT2D eigenvalue weighted by Crippen LogP contribution is 2.38. The van der Waals surface area contributed by atoms with Crippen LogP contribution in [0, 0.1) is 16.0 Å². The van der Waals surface area contributed by atoms with Crippen LogP contribution in [0.2, 0.25) is 0 Å². The Morgan fingerprint density at radius 2 is 1.95 bits per heavy atom. The lowest BCUT2D eigenvalue weighted by atomic mass is 9.86. The smallest absolute Gasteiger partial charge is 0.315 e. The Balaban J connectivity index is 2.29. The summed E-state index contributed by atoms with van der Waals surface area (Å²) in [7, 11) is 3.69. The van der Waals surface area contributed by atoms with E-state index in [1.165, 1.54) is 12.8 Å². The van der Waals surface area contributed by atoms with E-state index in [1.54, 1.807) is 13.1 Å². The highest BCUT2D eigenvalue weighted by molar-refractivity contribution is 5.77. The summed E-state index contributed by atoms with van der Waals surface area (Å²) >= 11 is 0. The fourth-order valence-electron chi connectivity index (χ4n) is 3.04. The van der Waals surface area contributed by atoms with E-state index in [0.29, 0.717) is 17.4 Å². The number of hydrogen-bond acceptors (Lipinski definition) is 4. The summed E-state index contributed by atoms with van der Waals surface area (Å²) in [5, 5.41) is 14.3. The first-order chi connectivity index (χ1) is 9.54. The number of para-hydroxylation sites is 1. The van der Waals surface area contributed by atoms with E-state index in [-0.39, 0.29) is 10.6 Å². The number of nitro benzene ring substituents is 1. The van der Waals surface area contributed by atoms with Crippen LogP contribution >= 0.6 is 0 Å². The molecule has 1 fully saturated rings. The van der Waals surface area contributed by atoms with Gasteiger partial charge in [0.05, 0.1) is 4.92 Å². The van der Waals surface area contributed by atoms with Gasteiger partial charge in [-0.05, 0) is 43.7 Å². The lowest BCUT2D eigenvalue weighted by molar-refractivity contribution is -0.383. The van der Waals surface area contributed by atoms with Gasteiger partial charge in [-0.15, -0.1) is 0 Å². The Morgan fingerprint density at radius 3 is 2.50 bits per heavy atom. The van der Waals surface area contributed by atoms with Gasteiger partial charge in [0, 0.05) is 20.1 Å². The van der Waals surface area contributed by atoms with Gasteiger partial charge < -0.3 is 10.2 Å². The van der Waals surface area contributed by atoms with Crippen LogP contribution in [0.25, 0.3) is 0 Å². The molecule has 0 spiro atoms. The fraction of sp³-hybridized carbons (Fsp3) is 0.600. The summed E-state index contributed by atoms with van der Waals surface area (Å²) in [4.78, 5) is 13.2. The molecule has 5 nitrogen and oxygen atoms in total. The first-order valence-corrected chi connectivity index (χ1v) is 7.22. The summed E-state index contributed by atoms with van der Waals surface area (Å²) in [6.07, 6.45) is 4.63. The zero-order valence-electron chi connectivity index (χ0n) is 12.4. The molecule has 0 aliphatic heterocycles. The first-order valence-electron chi connectivity index (χ1n) is 7.22. The van der Waals surface area contributed by atoms with Gasteiger partial charge >= 0.3 is 5.69 Å². The zero-order chi connectivity index (χ0) is 14.7. The molecule has 20 heavy (non-hydrogen) atoms. The molecule has 0 aromatic heterocycles. The van der Waals surface area contributed by atoms with Crippen LogP contribution < -0.4 is 10.2 Å². The molecule has 2 rings (SSSR count). The summed E-state index contributed by atoms with van der Waals surface area (Å²) < 4.78 is 0. The summed E-state index contributed by atoms with van der Waals surface area (Å²) in [5.41, 5.74) is 1.46. The lowest BCUT2D eigenvalue weighted by Gasteiger charge is -2.34. The summed E-state index contributed by atoms with van der Waals surface area (Å²) in [6, 6.07) is 5.86. The van der Waals surface area contributed by atoms with Gasteiger partial charge in [0.15, 0.2) is 0 Å². The molecule has 110 valence electrons. The minimum Gasteiger partial charge on any atom is -0.382 e. The van der Waals surface area contributed by atoms with Gasteiger partial charge in [0.1, 0.15) is 11.4 Å². The van der Waals surface area contributed by atoms with Gasteiger partial charge in [-0.2, -0.15) is 0 Å². The van der Waals surface area contributed by atoms with Crippen LogP contribution in [0.5, 0.6) is 0 Å². The van der Waals surface area contributed by atoms with Crippen molar-refractivity contribution >= 4 is 17.1 Å². The quantitative estimate of drug-likeness (QED) is 0.674. The molecule has 0 unspecified atom stereocenters. The topological polar surface area (TPSA) is 58.4 Å². The molecule has 0 atom stereocenters. The lowest BCUT2D eigenvalue weighted by Crippen LogP contribution is -2.35. The number of hydrogen-bond donors (Lipinski definition) is 1. The highest BCUT2D eigenvalue weighted by atomic mass is 16.6. The Hall–Kier alpha value is -1.78. The van der Waals surface area contributed by atoms with Gasteiger partial charge in [0.2, 0.25) is 0 Å². The predicted octanol–water partition coefficient (Wildman–Crippen LogP) is 3.65. The summed E-state index contributed by atoms with van der Waals surface area (Å²) in [6.45, 7) is 2.28. The molecular weight excluding hydrogens is 254 g/mol. The number of anilines is 2. The molecule has 1 aromatic rings. The fourth-order valence-corrected chi connectivity index (χ4v) is 3.04. The van der Waals surface area contributed by atoms with Crippen molar-refractivity contribution in [1.82, 2.24) is 0 Å². The van der Waals surface area contributed by atoms with Crippen molar-refractivity contribution < 1.29 is 4.92 Å². The molecule has 1 aliphatic rings. The second-order valence-corrected chi connectivity index (χ2v) is 5.71. The maximum absolute atomic E-state index is 11.4. The van der Waals surface area contributed by atoms with Crippen LogP contribution in [0.4, 0.5) is 17.1 Å². The van der Waals surface area contributed by atoms with Crippen LogP contribution in [-0.2, 0) is 0 Å². The van der Waals surface area contributed by atoms with Crippen LogP contribution in [0.15, 0.2) is 18.2 Å². The second-order valence-electron chi connectivity index (χ2n) is 5.71. The Kier molecular flexibility index (Phi) is 4.47. The van der Waals surface area contributed by atoms with Crippen molar-refractivity contribution in [2.24, 2.45) is 5.92 Å². The van der Waals surface area contributed by atoms with Gasteiger partial charge in [-0.3, -0.25) is 10.1 Å². The standard InChI is InChI=1S/C15H23N3O2/c1-11-7-9-12(10-8-11)17(3)14-6-4-5-13(16-2)15(14)18(19)20/h4-6,11-12,16H,7-10H2,1-3H3. The molecule has 1 aliphatic carbocycles. The van der Waals surface area contributed by atoms with Crippen LogP contribution in [0.3, 0.4) is 0 Å². The molecule has 0 amide bonds. The van der Waals surface area contributed by atoms with Gasteiger partial charge in [0.25, 0.3) is 0 Å². The van der Waals surface area contributed by atoms with E-state index in [0.717, 1.165) is 18.8 Å². The average molecular weight is 277 g/mol. The zero-order valence-corrected chi connectivity index (χ0v) is 12.4. The van der Waals surface area contributed by atoms with Crippen molar-refractivity contribution in [1.29, 1.82) is 0 Å². The third-order valence-corrected chi connectivity index (χ3v) is 4.38. The molecular formula is C15H23N3O2. The predicted molar refractivity (Wildman–Crippen MR) is 82.5 cm³/mol. The number of nitrogens with one attached hydrogen (secondary N) is 1. The van der Waals surface area contributed by atoms with E-state index < -0.39 is 0 Å². The normalized spacial score (nSPS) is 22.4. The van der Waals surface area contributed by atoms with E-state index in [4.69, 9.17) is 0 Å². The van der Waals surface area contributed by atoms with E-state index in [2.05, 4.69) is 17.1 Å². The van der Waals surface area contributed by atoms with Crippen molar-refractivity contribution in [3.05, 3.63) is 28.3 Å². The van der Waals surface area contributed by atoms with Crippen molar-refractivity contribution in [2.75, 3.05) is 24.3 Å². The molecule has 5 heteroatoms. The number of nitrogens with zero attached hydrogens (tertiary/aromatic N) is 2. The average Bonchev–Trinajstić information content (AvgIpc) is 2.46. The van der Waals surface area contributed by atoms with Crippen molar-refractivity contribution in [3.63, 3.8) is 0 Å². The minimum atomic E-state index is -0.289. The first kappa shape index (κ1) is 14.6. The van der Waals surface area contributed by atoms with E-state index in [1.807, 2.05) is 19.2 Å². The van der Waals surface area contributed by atoms with Crippen LogP contribution in [0.1, 0.15) is 32.6 Å². The van der Waals surface area contributed by atoms with Gasteiger partial charge in [-0.1, -0.05) is 13.0 Å². The third kappa shape index (κ3) is 2.86. The Morgan fingerprint density at radius 1 is 1.30 bits per heavy atom. The number of nitro groups is 1. The molecule has 0 bridgehead atoms. The molecule has 1 N–H and O–H groups in total. The largest absolute Gasteiger partial charge is 0.382 e. The highest BCUT2D eigenvalue weighted by Gasteiger charge is 2.27. The van der Waals surface area contributed by atoms with E-state index in [9.17, 15) is 10.1 Å². The monoisotopic (exact) mass is 277 g/mol. The van der Waals surface area contributed by atoms with Gasteiger partial charge in [-0.25, -0.2) is 0 Å². The summed E-state index contributed by atoms with van der Waals surface area (Å²) in [5.74, 6) is 0.776. The molecule has 0 saturated heterocycles. The Bertz CT molecular complexity index is 482. The Labute approximate surface area is 120 Å². The van der Waals surface area contributed by atoms with Crippen LogP contribution in [-0.4, -0.2) is 25.1 Å². The third-order valence-electron chi connectivity index (χ3n) is 4.38. The molecule has 0 heterocycles. The van der Waals surface area contributed by atoms with E-state index >= 15 is 0 Å². The minimum absolute atomic E-state index is 0.177. The maximum Gasteiger partial charge on any atom is 0.315 e. The van der Waals surface area contributed by atoms with Crippen molar-refractivity contribution in [3.8, 4) is 0 Å². The second kappa shape index (κ2) is 6.11. The number of rotatable bonds is 4. The SMILES string of the molecule is CNc1cccc(N(C)C2CCC(C)CC2)c1[N+](=O)[O-]. The molecule has 1 aromatic carbocycles. The molecule has 1 saturated carbocycles. The van der Waals surface area contributed by atoms with Crippen molar-refractivity contribution in [2.45, 2.75) is 38.6 Å². The molecule has 0 radical (unpaired) electrons. The number of benzene rings is 1.